The molecule has 0 saturated heterocycles. The topological polar surface area (TPSA) is 65.1 Å². The van der Waals surface area contributed by atoms with Gasteiger partial charge in [0.25, 0.3) is 0 Å². The number of H-pyrrole nitrogens is 1. The normalized spacial score (nSPS) is 11.3. The van der Waals surface area contributed by atoms with Crippen molar-refractivity contribution in [2.24, 2.45) is 4.99 Å². The van der Waals surface area contributed by atoms with Crippen LogP contribution in [0.2, 0.25) is 0 Å². The van der Waals surface area contributed by atoms with E-state index in [1.54, 1.807) is 0 Å². The third-order valence-electron chi connectivity index (χ3n) is 2.58. The lowest BCUT2D eigenvalue weighted by atomic mass is 10.1. The summed E-state index contributed by atoms with van der Waals surface area (Å²) in [5.74, 6) is 0.899. The van der Waals surface area contributed by atoms with E-state index >= 15 is 0 Å². The number of guanidine groups is 1. The van der Waals surface area contributed by atoms with E-state index in [0.717, 1.165) is 37.6 Å². The summed E-state index contributed by atoms with van der Waals surface area (Å²) in [4.78, 5) is 4.55. The number of hydrogen-bond donors (Lipinski definition) is 3. The molecule has 3 N–H and O–H groups in total. The fourth-order valence-corrected chi connectivity index (χ4v) is 1.68. The molecule has 0 saturated carbocycles. The Hall–Kier alpha value is -0.790. The highest BCUT2D eigenvalue weighted by atomic mass is 127. The zero-order valence-electron chi connectivity index (χ0n) is 12.3. The number of halogens is 1. The Morgan fingerprint density at radius 1 is 1.47 bits per heavy atom. The van der Waals surface area contributed by atoms with Crippen LogP contribution in [-0.4, -0.2) is 35.3 Å². The second kappa shape index (κ2) is 10.1. The number of nitrogens with zero attached hydrogens (tertiary/aromatic N) is 2. The lowest BCUT2D eigenvalue weighted by molar-refractivity contribution is 0.696. The molecule has 19 heavy (non-hydrogen) atoms. The van der Waals surface area contributed by atoms with Gasteiger partial charge in [-0.2, -0.15) is 5.10 Å². The Balaban J connectivity index is 0.00000324. The summed E-state index contributed by atoms with van der Waals surface area (Å²) in [5, 5.41) is 13.5. The van der Waals surface area contributed by atoms with E-state index in [4.69, 9.17) is 0 Å². The van der Waals surface area contributed by atoms with Crippen LogP contribution in [0.4, 0.5) is 0 Å². The van der Waals surface area contributed by atoms with Crippen LogP contribution in [0.3, 0.4) is 0 Å². The minimum atomic E-state index is 0. The summed E-state index contributed by atoms with van der Waals surface area (Å²) < 4.78 is 0. The highest BCUT2D eigenvalue weighted by molar-refractivity contribution is 14.0. The first-order chi connectivity index (χ1) is 8.63. The van der Waals surface area contributed by atoms with E-state index in [1.807, 2.05) is 6.20 Å². The SMILES string of the molecule is CCNC(=NCCCc1cn[nH]c1C)NC(C)C.I. The smallest absolute Gasteiger partial charge is 0.191 e. The Kier molecular flexibility index (Phi) is 9.63. The molecule has 1 heterocycles. The summed E-state index contributed by atoms with van der Waals surface area (Å²) in [7, 11) is 0. The Morgan fingerprint density at radius 2 is 2.21 bits per heavy atom. The van der Waals surface area contributed by atoms with E-state index in [-0.39, 0.29) is 24.0 Å². The standard InChI is InChI=1S/C13H25N5.HI/c1-5-14-13(17-10(2)3)15-8-6-7-12-9-16-18-11(12)4;/h9-10H,5-8H2,1-4H3,(H,16,18)(H2,14,15,17);1H. The fraction of sp³-hybridized carbons (Fsp3) is 0.692. The Bertz CT molecular complexity index is 373. The van der Waals surface area contributed by atoms with E-state index < -0.39 is 0 Å². The van der Waals surface area contributed by atoms with Crippen molar-refractivity contribution in [2.75, 3.05) is 13.1 Å². The number of aromatic nitrogens is 2. The van der Waals surface area contributed by atoms with Gasteiger partial charge in [0.1, 0.15) is 0 Å². The maximum atomic E-state index is 4.55. The predicted octanol–water partition coefficient (Wildman–Crippen LogP) is 2.23. The minimum Gasteiger partial charge on any atom is -0.357 e. The van der Waals surface area contributed by atoms with Crippen LogP contribution in [0.1, 0.15) is 38.4 Å². The molecule has 1 aromatic rings. The lowest BCUT2D eigenvalue weighted by Crippen LogP contribution is -2.41. The molecule has 0 spiro atoms. The van der Waals surface area contributed by atoms with Crippen LogP contribution in [0.25, 0.3) is 0 Å². The number of aryl methyl sites for hydroxylation is 2. The van der Waals surface area contributed by atoms with Gasteiger partial charge >= 0.3 is 0 Å². The molecule has 6 heteroatoms. The van der Waals surface area contributed by atoms with Gasteiger partial charge in [-0.25, -0.2) is 0 Å². The van der Waals surface area contributed by atoms with Crippen molar-refractivity contribution in [2.45, 2.75) is 46.6 Å². The van der Waals surface area contributed by atoms with Gasteiger partial charge < -0.3 is 10.6 Å². The molecule has 0 aliphatic carbocycles. The van der Waals surface area contributed by atoms with Crippen molar-refractivity contribution >= 4 is 29.9 Å². The summed E-state index contributed by atoms with van der Waals surface area (Å²) in [6.07, 6.45) is 3.96. The average molecular weight is 379 g/mol. The van der Waals surface area contributed by atoms with Crippen molar-refractivity contribution in [1.29, 1.82) is 0 Å². The molecule has 0 fully saturated rings. The summed E-state index contributed by atoms with van der Waals surface area (Å²) >= 11 is 0. The van der Waals surface area contributed by atoms with Gasteiger partial charge in [-0.05, 0) is 46.1 Å². The molecule has 0 amide bonds. The summed E-state index contributed by atoms with van der Waals surface area (Å²) in [5.41, 5.74) is 2.44. The molecule has 0 aliphatic heterocycles. The number of aliphatic imine (C=N–C) groups is 1. The van der Waals surface area contributed by atoms with Gasteiger partial charge in [0.05, 0.1) is 6.20 Å². The van der Waals surface area contributed by atoms with Crippen LogP contribution in [0.5, 0.6) is 0 Å². The first kappa shape index (κ1) is 18.2. The van der Waals surface area contributed by atoms with Crippen LogP contribution in [0.15, 0.2) is 11.2 Å². The second-order valence-electron chi connectivity index (χ2n) is 4.68. The van der Waals surface area contributed by atoms with E-state index in [0.29, 0.717) is 6.04 Å². The summed E-state index contributed by atoms with van der Waals surface area (Å²) in [6, 6.07) is 0.402. The van der Waals surface area contributed by atoms with Crippen LogP contribution in [-0.2, 0) is 6.42 Å². The Morgan fingerprint density at radius 3 is 2.74 bits per heavy atom. The fourth-order valence-electron chi connectivity index (χ4n) is 1.68. The largest absolute Gasteiger partial charge is 0.357 e. The molecule has 5 nitrogen and oxygen atoms in total. The maximum Gasteiger partial charge on any atom is 0.191 e. The van der Waals surface area contributed by atoms with Crippen molar-refractivity contribution in [3.8, 4) is 0 Å². The lowest BCUT2D eigenvalue weighted by Gasteiger charge is -2.13. The van der Waals surface area contributed by atoms with Crippen molar-refractivity contribution in [3.05, 3.63) is 17.5 Å². The van der Waals surface area contributed by atoms with Crippen LogP contribution in [0, 0.1) is 6.92 Å². The number of hydrogen-bond acceptors (Lipinski definition) is 2. The molecule has 0 radical (unpaired) electrons. The number of nitrogens with one attached hydrogen (secondary N) is 3. The minimum absolute atomic E-state index is 0. The third-order valence-corrected chi connectivity index (χ3v) is 2.58. The molecule has 110 valence electrons. The molecule has 1 rings (SSSR count). The molecule has 1 aromatic heterocycles. The van der Waals surface area contributed by atoms with E-state index in [9.17, 15) is 0 Å². The van der Waals surface area contributed by atoms with Crippen LogP contribution >= 0.6 is 24.0 Å². The van der Waals surface area contributed by atoms with Gasteiger partial charge in [0.15, 0.2) is 5.96 Å². The van der Waals surface area contributed by atoms with Gasteiger partial charge in [-0.15, -0.1) is 24.0 Å². The summed E-state index contributed by atoms with van der Waals surface area (Å²) in [6.45, 7) is 10.1. The second-order valence-corrected chi connectivity index (χ2v) is 4.68. The van der Waals surface area contributed by atoms with Crippen molar-refractivity contribution in [1.82, 2.24) is 20.8 Å². The molecular formula is C13H26IN5. The van der Waals surface area contributed by atoms with Crippen LogP contribution < -0.4 is 10.6 Å². The van der Waals surface area contributed by atoms with Gasteiger partial charge in [-0.3, -0.25) is 10.1 Å². The van der Waals surface area contributed by atoms with E-state index in [1.165, 1.54) is 5.56 Å². The van der Waals surface area contributed by atoms with Gasteiger partial charge in [0.2, 0.25) is 0 Å². The zero-order chi connectivity index (χ0) is 13.4. The molecule has 0 unspecified atom stereocenters. The highest BCUT2D eigenvalue weighted by Gasteiger charge is 2.01. The molecular weight excluding hydrogens is 353 g/mol. The molecule has 0 bridgehead atoms. The first-order valence-corrected chi connectivity index (χ1v) is 6.67. The maximum absolute atomic E-state index is 4.55. The quantitative estimate of drug-likeness (QED) is 0.307. The first-order valence-electron chi connectivity index (χ1n) is 6.67. The number of rotatable bonds is 6. The van der Waals surface area contributed by atoms with Crippen molar-refractivity contribution in [3.63, 3.8) is 0 Å². The predicted molar refractivity (Wildman–Crippen MR) is 91.3 cm³/mol. The molecule has 0 aromatic carbocycles. The highest BCUT2D eigenvalue weighted by Crippen LogP contribution is 2.05. The number of aromatic amines is 1. The Labute approximate surface area is 133 Å². The zero-order valence-corrected chi connectivity index (χ0v) is 14.6. The van der Waals surface area contributed by atoms with Crippen molar-refractivity contribution < 1.29 is 0 Å². The third kappa shape index (κ3) is 7.39. The van der Waals surface area contributed by atoms with Gasteiger partial charge in [0, 0.05) is 24.8 Å². The molecule has 0 atom stereocenters. The molecule has 0 aliphatic rings. The average Bonchev–Trinajstić information content (AvgIpc) is 2.70. The van der Waals surface area contributed by atoms with E-state index in [2.05, 4.69) is 53.5 Å². The monoisotopic (exact) mass is 379 g/mol. The van der Waals surface area contributed by atoms with Gasteiger partial charge in [-0.1, -0.05) is 0 Å².